The highest BCUT2D eigenvalue weighted by Gasteiger charge is 2.09. The second-order valence-corrected chi connectivity index (χ2v) is 6.81. The summed E-state index contributed by atoms with van der Waals surface area (Å²) < 4.78 is 12.8. The normalized spacial score (nSPS) is 10.5. The van der Waals surface area contributed by atoms with Crippen molar-refractivity contribution in [3.05, 3.63) is 84.2 Å². The number of nitrogens with zero attached hydrogens (tertiary/aromatic N) is 4. The number of imidazole rings is 1. The van der Waals surface area contributed by atoms with E-state index in [0.29, 0.717) is 34.4 Å². The number of carbonyl (C=O) groups excluding carboxylic acids is 1. The molecule has 2 heterocycles. The van der Waals surface area contributed by atoms with E-state index in [1.807, 2.05) is 18.4 Å². The number of ether oxygens (including phenoxy) is 2. The summed E-state index contributed by atoms with van der Waals surface area (Å²) in [5.74, 6) is 2.16. The molecule has 4 rings (SSSR count). The average Bonchev–Trinajstić information content (AvgIpc) is 3.13. The molecule has 0 aliphatic rings. The molecular formula is C23H21N5O3. The molecule has 4 aromatic rings. The van der Waals surface area contributed by atoms with Gasteiger partial charge in [0.05, 0.1) is 12.8 Å². The molecule has 0 radical (unpaired) electrons. The monoisotopic (exact) mass is 415 g/mol. The van der Waals surface area contributed by atoms with Crippen molar-refractivity contribution in [3.8, 4) is 23.2 Å². The zero-order chi connectivity index (χ0) is 21.8. The number of anilines is 1. The predicted octanol–water partition coefficient (Wildman–Crippen LogP) is 4.33. The first-order valence-electron chi connectivity index (χ1n) is 9.60. The number of carbonyl (C=O) groups is 1. The minimum atomic E-state index is -0.206. The largest absolute Gasteiger partial charge is 0.497 e. The molecule has 31 heavy (non-hydrogen) atoms. The van der Waals surface area contributed by atoms with E-state index in [9.17, 15) is 4.79 Å². The highest BCUT2D eigenvalue weighted by atomic mass is 16.5. The Morgan fingerprint density at radius 2 is 1.65 bits per heavy atom. The standard InChI is InChI=1S/C23H21N5O3/c1-15-16(2)28(14-26-15)21-12-22(25-13-24-21)31-20-10-6-18(7-11-20)27-23(29)17-4-8-19(30-3)9-5-17/h4-14H,1-3H3,(H,27,29). The molecule has 8 heteroatoms. The minimum Gasteiger partial charge on any atom is -0.497 e. The van der Waals surface area contributed by atoms with Gasteiger partial charge >= 0.3 is 0 Å². The van der Waals surface area contributed by atoms with Crippen LogP contribution in [0.1, 0.15) is 21.7 Å². The SMILES string of the molecule is COc1ccc(C(=O)Nc2ccc(Oc3cc(-n4cnc(C)c4C)ncn3)cc2)cc1. The summed E-state index contributed by atoms with van der Waals surface area (Å²) >= 11 is 0. The van der Waals surface area contributed by atoms with Crippen LogP contribution in [0.4, 0.5) is 5.69 Å². The lowest BCUT2D eigenvalue weighted by molar-refractivity contribution is 0.102. The highest BCUT2D eigenvalue weighted by molar-refractivity contribution is 6.04. The quantitative estimate of drug-likeness (QED) is 0.504. The molecule has 0 bridgehead atoms. The molecule has 8 nitrogen and oxygen atoms in total. The molecule has 1 N–H and O–H groups in total. The third-order valence-electron chi connectivity index (χ3n) is 4.81. The number of aromatic nitrogens is 4. The molecule has 0 aliphatic heterocycles. The maximum atomic E-state index is 12.4. The Balaban J connectivity index is 1.43. The lowest BCUT2D eigenvalue weighted by Crippen LogP contribution is -2.11. The van der Waals surface area contributed by atoms with Crippen molar-refractivity contribution in [2.24, 2.45) is 0 Å². The third-order valence-corrected chi connectivity index (χ3v) is 4.81. The Bertz CT molecular complexity index is 1200. The van der Waals surface area contributed by atoms with E-state index in [4.69, 9.17) is 9.47 Å². The first kappa shape index (κ1) is 20.1. The van der Waals surface area contributed by atoms with Gasteiger partial charge in [-0.15, -0.1) is 0 Å². The molecule has 0 atom stereocenters. The zero-order valence-corrected chi connectivity index (χ0v) is 17.4. The molecule has 0 saturated heterocycles. The van der Waals surface area contributed by atoms with Crippen LogP contribution in [0.2, 0.25) is 0 Å². The van der Waals surface area contributed by atoms with Crippen LogP contribution in [0.15, 0.2) is 67.3 Å². The molecule has 156 valence electrons. The zero-order valence-electron chi connectivity index (χ0n) is 17.4. The van der Waals surface area contributed by atoms with Crippen molar-refractivity contribution in [2.75, 3.05) is 12.4 Å². The maximum absolute atomic E-state index is 12.4. The second-order valence-electron chi connectivity index (χ2n) is 6.81. The highest BCUT2D eigenvalue weighted by Crippen LogP contribution is 2.23. The van der Waals surface area contributed by atoms with Gasteiger partial charge in [0, 0.05) is 23.0 Å². The van der Waals surface area contributed by atoms with Gasteiger partial charge in [0.1, 0.15) is 30.0 Å². The molecular weight excluding hydrogens is 394 g/mol. The third kappa shape index (κ3) is 4.53. The van der Waals surface area contributed by atoms with E-state index in [-0.39, 0.29) is 5.91 Å². The number of hydrogen-bond donors (Lipinski definition) is 1. The Hall–Kier alpha value is -4.20. The Morgan fingerprint density at radius 3 is 2.29 bits per heavy atom. The minimum absolute atomic E-state index is 0.206. The first-order valence-corrected chi connectivity index (χ1v) is 9.60. The van der Waals surface area contributed by atoms with E-state index >= 15 is 0 Å². The Kier molecular flexibility index (Phi) is 5.61. The van der Waals surface area contributed by atoms with Gasteiger partial charge in [-0.05, 0) is 62.4 Å². The van der Waals surface area contributed by atoms with E-state index in [0.717, 1.165) is 11.4 Å². The summed E-state index contributed by atoms with van der Waals surface area (Å²) in [5.41, 5.74) is 3.13. The average molecular weight is 415 g/mol. The molecule has 0 fully saturated rings. The second kappa shape index (κ2) is 8.66. The number of hydrogen-bond acceptors (Lipinski definition) is 6. The maximum Gasteiger partial charge on any atom is 0.255 e. The van der Waals surface area contributed by atoms with Crippen LogP contribution < -0.4 is 14.8 Å². The fourth-order valence-corrected chi connectivity index (χ4v) is 2.92. The summed E-state index contributed by atoms with van der Waals surface area (Å²) in [5, 5.41) is 2.85. The predicted molar refractivity (Wildman–Crippen MR) is 116 cm³/mol. The number of rotatable bonds is 6. The van der Waals surface area contributed by atoms with Gasteiger partial charge in [0.25, 0.3) is 5.91 Å². The molecule has 0 unspecified atom stereocenters. The van der Waals surface area contributed by atoms with Crippen molar-refractivity contribution in [1.29, 1.82) is 0 Å². The van der Waals surface area contributed by atoms with Crippen molar-refractivity contribution < 1.29 is 14.3 Å². The van der Waals surface area contributed by atoms with Gasteiger partial charge in [-0.25, -0.2) is 15.0 Å². The van der Waals surface area contributed by atoms with Crippen LogP contribution in [-0.4, -0.2) is 32.5 Å². The van der Waals surface area contributed by atoms with E-state index in [2.05, 4.69) is 20.3 Å². The Morgan fingerprint density at radius 1 is 0.935 bits per heavy atom. The smallest absolute Gasteiger partial charge is 0.255 e. The van der Waals surface area contributed by atoms with Gasteiger partial charge in [-0.3, -0.25) is 9.36 Å². The van der Waals surface area contributed by atoms with Gasteiger partial charge in [-0.1, -0.05) is 0 Å². The summed E-state index contributed by atoms with van der Waals surface area (Å²) in [4.78, 5) is 25.1. The number of amides is 1. The molecule has 1 amide bonds. The summed E-state index contributed by atoms with van der Waals surface area (Å²) in [7, 11) is 1.58. The summed E-state index contributed by atoms with van der Waals surface area (Å²) in [6.45, 7) is 3.92. The van der Waals surface area contributed by atoms with Crippen molar-refractivity contribution in [1.82, 2.24) is 19.5 Å². The van der Waals surface area contributed by atoms with Crippen LogP contribution >= 0.6 is 0 Å². The lowest BCUT2D eigenvalue weighted by atomic mass is 10.2. The van der Waals surface area contributed by atoms with E-state index in [1.165, 1.54) is 6.33 Å². The van der Waals surface area contributed by atoms with Crippen LogP contribution in [0.5, 0.6) is 17.4 Å². The summed E-state index contributed by atoms with van der Waals surface area (Å²) in [6.07, 6.45) is 3.17. The molecule has 2 aromatic carbocycles. The fourth-order valence-electron chi connectivity index (χ4n) is 2.92. The first-order chi connectivity index (χ1) is 15.0. The van der Waals surface area contributed by atoms with E-state index < -0.39 is 0 Å². The van der Waals surface area contributed by atoms with Crippen molar-refractivity contribution in [2.45, 2.75) is 13.8 Å². The summed E-state index contributed by atoms with van der Waals surface area (Å²) in [6, 6.07) is 15.7. The van der Waals surface area contributed by atoms with Crippen LogP contribution in [0, 0.1) is 13.8 Å². The van der Waals surface area contributed by atoms with Gasteiger partial charge in [-0.2, -0.15) is 0 Å². The topological polar surface area (TPSA) is 91.2 Å². The number of methoxy groups -OCH3 is 1. The fraction of sp³-hybridized carbons (Fsp3) is 0.130. The number of benzene rings is 2. The van der Waals surface area contributed by atoms with E-state index in [1.54, 1.807) is 68.0 Å². The van der Waals surface area contributed by atoms with Crippen molar-refractivity contribution >= 4 is 11.6 Å². The van der Waals surface area contributed by atoms with Crippen LogP contribution in [-0.2, 0) is 0 Å². The molecule has 0 spiro atoms. The number of nitrogens with one attached hydrogen (secondary N) is 1. The molecule has 0 aliphatic carbocycles. The lowest BCUT2D eigenvalue weighted by Gasteiger charge is -2.09. The van der Waals surface area contributed by atoms with Crippen LogP contribution in [0.3, 0.4) is 0 Å². The van der Waals surface area contributed by atoms with Crippen LogP contribution in [0.25, 0.3) is 5.82 Å². The van der Waals surface area contributed by atoms with Gasteiger partial charge in [0.2, 0.25) is 5.88 Å². The number of aryl methyl sites for hydroxylation is 1. The molecule has 2 aromatic heterocycles. The molecule has 0 saturated carbocycles. The van der Waals surface area contributed by atoms with Crippen molar-refractivity contribution in [3.63, 3.8) is 0 Å². The van der Waals surface area contributed by atoms with Gasteiger partial charge in [0.15, 0.2) is 0 Å². The van der Waals surface area contributed by atoms with Gasteiger partial charge < -0.3 is 14.8 Å². The Labute approximate surface area is 179 Å².